The van der Waals surface area contributed by atoms with Gasteiger partial charge in [0.25, 0.3) is 0 Å². The molecule has 1 aliphatic heterocycles. The van der Waals surface area contributed by atoms with Crippen LogP contribution in [0.3, 0.4) is 0 Å². The maximum absolute atomic E-state index is 13.8. The van der Waals surface area contributed by atoms with Crippen LogP contribution in [-0.2, 0) is 20.7 Å². The topological polar surface area (TPSA) is 63.6 Å². The number of ketones is 1. The van der Waals surface area contributed by atoms with Crippen molar-refractivity contribution in [3.63, 3.8) is 0 Å². The average Bonchev–Trinajstić information content (AvgIpc) is 2.89. The smallest absolute Gasteiger partial charge is 0.339 e. The first kappa shape index (κ1) is 25.2. The van der Waals surface area contributed by atoms with Crippen molar-refractivity contribution in [3.05, 3.63) is 125 Å². The van der Waals surface area contributed by atoms with E-state index < -0.39 is 29.0 Å². The SMILES string of the molecule is CC(C)CC1(CCc2ccccc2)OC(=O)C(C(C=Cc2ccccc2)c2ccccc2)=C(O)C1=O. The molecule has 1 N–H and O–H groups in total. The lowest BCUT2D eigenvalue weighted by Crippen LogP contribution is -2.50. The number of benzene rings is 3. The molecule has 4 nitrogen and oxygen atoms in total. The Hall–Kier alpha value is -3.92. The van der Waals surface area contributed by atoms with Gasteiger partial charge in [-0.1, -0.05) is 117 Å². The summed E-state index contributed by atoms with van der Waals surface area (Å²) in [7, 11) is 0. The molecule has 3 aromatic carbocycles. The number of Topliss-reactive ketones (excluding diaryl/α,β-unsaturated/α-hetero) is 1. The third-order valence-electron chi connectivity index (χ3n) is 6.54. The van der Waals surface area contributed by atoms with Crippen LogP contribution in [-0.4, -0.2) is 22.5 Å². The number of aliphatic hydroxyl groups excluding tert-OH is 1. The first-order valence-corrected chi connectivity index (χ1v) is 12.4. The van der Waals surface area contributed by atoms with Crippen molar-refractivity contribution in [1.29, 1.82) is 0 Å². The van der Waals surface area contributed by atoms with E-state index in [-0.39, 0.29) is 11.5 Å². The minimum absolute atomic E-state index is 0.0162. The number of hydrogen-bond donors (Lipinski definition) is 1. The number of esters is 1. The Kier molecular flexibility index (Phi) is 7.84. The van der Waals surface area contributed by atoms with Gasteiger partial charge in [0.2, 0.25) is 5.78 Å². The molecule has 0 fully saturated rings. The van der Waals surface area contributed by atoms with E-state index in [0.29, 0.717) is 19.3 Å². The lowest BCUT2D eigenvalue weighted by Gasteiger charge is -2.38. The van der Waals surface area contributed by atoms with Gasteiger partial charge in [-0.05, 0) is 41.9 Å². The van der Waals surface area contributed by atoms with Gasteiger partial charge in [-0.25, -0.2) is 4.79 Å². The van der Waals surface area contributed by atoms with Gasteiger partial charge in [-0.3, -0.25) is 4.79 Å². The Morgan fingerprint density at radius 3 is 2.06 bits per heavy atom. The summed E-state index contributed by atoms with van der Waals surface area (Å²) >= 11 is 0. The van der Waals surface area contributed by atoms with Gasteiger partial charge >= 0.3 is 5.97 Å². The molecule has 2 unspecified atom stereocenters. The molecule has 1 heterocycles. The zero-order chi connectivity index (χ0) is 25.5. The standard InChI is InChI=1S/C32H32O4/c1-23(2)22-32(21-20-25-14-8-4-9-15-25)30(34)29(33)28(31(35)36-32)27(26-16-10-5-11-17-26)19-18-24-12-6-3-7-13-24/h3-19,23,27,33H,20-22H2,1-2H3. The fourth-order valence-corrected chi connectivity index (χ4v) is 4.85. The van der Waals surface area contributed by atoms with Crippen molar-refractivity contribution in [2.75, 3.05) is 0 Å². The van der Waals surface area contributed by atoms with Crippen LogP contribution < -0.4 is 0 Å². The van der Waals surface area contributed by atoms with Crippen LogP contribution in [0.4, 0.5) is 0 Å². The quantitative estimate of drug-likeness (QED) is 0.341. The third-order valence-corrected chi connectivity index (χ3v) is 6.54. The van der Waals surface area contributed by atoms with Gasteiger partial charge in [0.05, 0.1) is 5.57 Å². The zero-order valence-electron chi connectivity index (χ0n) is 20.8. The number of aryl methyl sites for hydroxylation is 1. The molecule has 36 heavy (non-hydrogen) atoms. The lowest BCUT2D eigenvalue weighted by molar-refractivity contribution is -0.170. The summed E-state index contributed by atoms with van der Waals surface area (Å²) in [5.41, 5.74) is 1.38. The highest BCUT2D eigenvalue weighted by Gasteiger charge is 2.50. The average molecular weight is 481 g/mol. The van der Waals surface area contributed by atoms with Gasteiger partial charge in [-0.2, -0.15) is 0 Å². The number of ether oxygens (including phenoxy) is 1. The Balaban J connectivity index is 1.73. The van der Waals surface area contributed by atoms with E-state index in [1.165, 1.54) is 0 Å². The van der Waals surface area contributed by atoms with Crippen LogP contribution in [0.25, 0.3) is 6.08 Å². The molecule has 0 aliphatic carbocycles. The molecule has 0 amide bonds. The number of carbonyl (C=O) groups excluding carboxylic acids is 2. The van der Waals surface area contributed by atoms with Crippen LogP contribution in [0, 0.1) is 5.92 Å². The molecular formula is C32H32O4. The number of carbonyl (C=O) groups is 2. The van der Waals surface area contributed by atoms with Crippen molar-refractivity contribution in [2.24, 2.45) is 5.92 Å². The van der Waals surface area contributed by atoms with Crippen molar-refractivity contribution in [1.82, 2.24) is 0 Å². The van der Waals surface area contributed by atoms with Crippen LogP contribution in [0.15, 0.2) is 108 Å². The number of rotatable bonds is 9. The Morgan fingerprint density at radius 1 is 0.861 bits per heavy atom. The largest absolute Gasteiger partial charge is 0.504 e. The molecule has 4 rings (SSSR count). The molecule has 0 bridgehead atoms. The van der Waals surface area contributed by atoms with Gasteiger partial charge in [0.15, 0.2) is 11.4 Å². The molecule has 0 saturated heterocycles. The van der Waals surface area contributed by atoms with Gasteiger partial charge < -0.3 is 9.84 Å². The fourth-order valence-electron chi connectivity index (χ4n) is 4.85. The predicted molar refractivity (Wildman–Crippen MR) is 142 cm³/mol. The Morgan fingerprint density at radius 2 is 1.44 bits per heavy atom. The fraction of sp³-hybridized carbons (Fsp3) is 0.250. The lowest BCUT2D eigenvalue weighted by atomic mass is 9.78. The molecule has 0 saturated carbocycles. The molecule has 184 valence electrons. The van der Waals surface area contributed by atoms with Gasteiger partial charge in [-0.15, -0.1) is 0 Å². The number of aliphatic hydroxyl groups is 1. The van der Waals surface area contributed by atoms with E-state index in [0.717, 1.165) is 16.7 Å². The summed E-state index contributed by atoms with van der Waals surface area (Å²) < 4.78 is 6.02. The maximum atomic E-state index is 13.8. The van der Waals surface area contributed by atoms with Crippen LogP contribution in [0.5, 0.6) is 0 Å². The van der Waals surface area contributed by atoms with Gasteiger partial charge in [0.1, 0.15) is 0 Å². The third kappa shape index (κ3) is 5.65. The molecule has 0 radical (unpaired) electrons. The van der Waals surface area contributed by atoms with Crippen LogP contribution in [0.2, 0.25) is 0 Å². The summed E-state index contributed by atoms with van der Waals surface area (Å²) in [5.74, 6) is -2.20. The summed E-state index contributed by atoms with van der Waals surface area (Å²) in [5, 5.41) is 11.3. The summed E-state index contributed by atoms with van der Waals surface area (Å²) in [6.07, 6.45) is 4.95. The summed E-state index contributed by atoms with van der Waals surface area (Å²) in [6.45, 7) is 3.97. The molecular weight excluding hydrogens is 448 g/mol. The number of hydrogen-bond acceptors (Lipinski definition) is 4. The minimum atomic E-state index is -1.39. The maximum Gasteiger partial charge on any atom is 0.339 e. The Labute approximate surface area is 213 Å². The van der Waals surface area contributed by atoms with E-state index in [4.69, 9.17) is 4.74 Å². The highest BCUT2D eigenvalue weighted by atomic mass is 16.6. The second-order valence-electron chi connectivity index (χ2n) is 9.72. The van der Waals surface area contributed by atoms with Crippen molar-refractivity contribution in [3.8, 4) is 0 Å². The molecule has 0 spiro atoms. The molecule has 3 aromatic rings. The van der Waals surface area contributed by atoms with Gasteiger partial charge in [0, 0.05) is 5.92 Å². The summed E-state index contributed by atoms with van der Waals surface area (Å²) in [4.78, 5) is 27.3. The van der Waals surface area contributed by atoms with E-state index in [9.17, 15) is 14.7 Å². The number of allylic oxidation sites excluding steroid dienone is 1. The zero-order valence-corrected chi connectivity index (χ0v) is 20.8. The van der Waals surface area contributed by atoms with Crippen LogP contribution >= 0.6 is 0 Å². The van der Waals surface area contributed by atoms with Crippen molar-refractivity contribution < 1.29 is 19.4 Å². The van der Waals surface area contributed by atoms with Crippen molar-refractivity contribution >= 4 is 17.8 Å². The summed E-state index contributed by atoms with van der Waals surface area (Å²) in [6, 6.07) is 28.9. The minimum Gasteiger partial charge on any atom is -0.504 e. The second-order valence-corrected chi connectivity index (χ2v) is 9.72. The van der Waals surface area contributed by atoms with Crippen molar-refractivity contribution in [2.45, 2.75) is 44.6 Å². The highest BCUT2D eigenvalue weighted by molar-refractivity contribution is 6.11. The molecule has 0 aromatic heterocycles. The monoisotopic (exact) mass is 480 g/mol. The second kappa shape index (κ2) is 11.2. The first-order valence-electron chi connectivity index (χ1n) is 12.4. The van der Waals surface area contributed by atoms with E-state index in [1.807, 2.05) is 117 Å². The molecule has 2 atom stereocenters. The van der Waals surface area contributed by atoms with E-state index in [1.54, 1.807) is 0 Å². The number of cyclic esters (lactones) is 1. The van der Waals surface area contributed by atoms with E-state index in [2.05, 4.69) is 0 Å². The Bertz CT molecular complexity index is 1240. The normalized spacial score (nSPS) is 19.1. The van der Waals surface area contributed by atoms with E-state index >= 15 is 0 Å². The molecule has 1 aliphatic rings. The molecule has 4 heteroatoms. The van der Waals surface area contributed by atoms with Crippen LogP contribution in [0.1, 0.15) is 49.3 Å². The highest BCUT2D eigenvalue weighted by Crippen LogP contribution is 2.40. The first-order chi connectivity index (χ1) is 17.4. The predicted octanol–water partition coefficient (Wildman–Crippen LogP) is 6.84.